The molecule has 0 spiro atoms. The summed E-state index contributed by atoms with van der Waals surface area (Å²) in [6, 6.07) is 1.62. The number of nitrogens with zero attached hydrogens (tertiary/aromatic N) is 1. The third-order valence-corrected chi connectivity index (χ3v) is 5.68. The van der Waals surface area contributed by atoms with Crippen molar-refractivity contribution < 1.29 is 13.2 Å². The Morgan fingerprint density at radius 3 is 2.77 bits per heavy atom. The summed E-state index contributed by atoms with van der Waals surface area (Å²) in [7, 11) is -3.58. The van der Waals surface area contributed by atoms with E-state index in [1.165, 1.54) is 12.3 Å². The van der Waals surface area contributed by atoms with Crippen LogP contribution in [0.25, 0.3) is 0 Å². The molecule has 2 fully saturated rings. The van der Waals surface area contributed by atoms with Crippen molar-refractivity contribution in [2.75, 3.05) is 26.2 Å². The molecule has 122 valence electrons. The molecule has 1 amide bonds. The number of aromatic nitrogens is 1. The minimum Gasteiger partial charge on any atom is -0.356 e. The molecule has 2 aliphatic rings. The van der Waals surface area contributed by atoms with E-state index in [1.54, 1.807) is 4.90 Å². The molecule has 0 saturated carbocycles. The standard InChI is InChI=1S/C14H22N4O3S/c19-14(18-6-1-2-7-18)13-8-12(10-16-13)22(20,21)17-9-11-4-3-5-15-11/h8,10-11,15-17H,1-7,9H2. The zero-order valence-electron chi connectivity index (χ0n) is 12.5. The van der Waals surface area contributed by atoms with Crippen molar-refractivity contribution in [1.29, 1.82) is 0 Å². The third-order valence-electron chi connectivity index (χ3n) is 4.27. The quantitative estimate of drug-likeness (QED) is 0.724. The second kappa shape index (κ2) is 6.39. The van der Waals surface area contributed by atoms with Gasteiger partial charge >= 0.3 is 0 Å². The van der Waals surface area contributed by atoms with Crippen LogP contribution >= 0.6 is 0 Å². The second-order valence-electron chi connectivity index (χ2n) is 5.89. The van der Waals surface area contributed by atoms with E-state index < -0.39 is 10.0 Å². The van der Waals surface area contributed by atoms with Crippen molar-refractivity contribution in [2.24, 2.45) is 0 Å². The molecule has 1 aromatic rings. The summed E-state index contributed by atoms with van der Waals surface area (Å²) in [5.41, 5.74) is 0.335. The third kappa shape index (κ3) is 3.34. The largest absolute Gasteiger partial charge is 0.356 e. The van der Waals surface area contributed by atoms with Gasteiger partial charge in [0, 0.05) is 31.9 Å². The lowest BCUT2D eigenvalue weighted by Gasteiger charge is -2.13. The molecule has 1 atom stereocenters. The lowest BCUT2D eigenvalue weighted by atomic mass is 10.2. The molecule has 3 N–H and O–H groups in total. The topological polar surface area (TPSA) is 94.3 Å². The van der Waals surface area contributed by atoms with Gasteiger partial charge in [0.25, 0.3) is 5.91 Å². The molecule has 0 bridgehead atoms. The van der Waals surface area contributed by atoms with E-state index in [-0.39, 0.29) is 16.8 Å². The normalized spacial score (nSPS) is 22.4. The molecule has 1 unspecified atom stereocenters. The van der Waals surface area contributed by atoms with E-state index in [1.807, 2.05) is 0 Å². The smallest absolute Gasteiger partial charge is 0.270 e. The second-order valence-corrected chi connectivity index (χ2v) is 7.66. The number of hydrogen-bond donors (Lipinski definition) is 3. The molecule has 0 radical (unpaired) electrons. The van der Waals surface area contributed by atoms with E-state index >= 15 is 0 Å². The van der Waals surface area contributed by atoms with Crippen molar-refractivity contribution >= 4 is 15.9 Å². The zero-order valence-corrected chi connectivity index (χ0v) is 13.3. The minimum absolute atomic E-state index is 0.119. The maximum absolute atomic E-state index is 12.3. The highest BCUT2D eigenvalue weighted by atomic mass is 32.2. The highest BCUT2D eigenvalue weighted by Crippen LogP contribution is 2.16. The molecule has 22 heavy (non-hydrogen) atoms. The first-order valence-electron chi connectivity index (χ1n) is 7.77. The fourth-order valence-electron chi connectivity index (χ4n) is 2.97. The van der Waals surface area contributed by atoms with Crippen LogP contribution in [0.15, 0.2) is 17.2 Å². The monoisotopic (exact) mass is 326 g/mol. The molecule has 2 aliphatic heterocycles. The van der Waals surface area contributed by atoms with Gasteiger partial charge in [-0.3, -0.25) is 4.79 Å². The number of hydrogen-bond acceptors (Lipinski definition) is 4. The average molecular weight is 326 g/mol. The Balaban J connectivity index is 1.64. The number of nitrogens with one attached hydrogen (secondary N) is 3. The van der Waals surface area contributed by atoms with Gasteiger partial charge in [-0.25, -0.2) is 13.1 Å². The molecule has 3 heterocycles. The fourth-order valence-corrected chi connectivity index (χ4v) is 4.04. The van der Waals surface area contributed by atoms with Gasteiger partial charge in [-0.05, 0) is 38.3 Å². The van der Waals surface area contributed by atoms with E-state index in [0.717, 1.165) is 45.3 Å². The van der Waals surface area contributed by atoms with Gasteiger partial charge in [-0.2, -0.15) is 0 Å². The van der Waals surface area contributed by atoms with Crippen LogP contribution in [-0.2, 0) is 10.0 Å². The fraction of sp³-hybridized carbons (Fsp3) is 0.643. The van der Waals surface area contributed by atoms with Gasteiger partial charge in [-0.15, -0.1) is 0 Å². The van der Waals surface area contributed by atoms with Crippen LogP contribution in [0, 0.1) is 0 Å². The molecule has 3 rings (SSSR count). The molecule has 7 nitrogen and oxygen atoms in total. The molecule has 1 aromatic heterocycles. The van der Waals surface area contributed by atoms with Crippen molar-refractivity contribution in [3.05, 3.63) is 18.0 Å². The van der Waals surface area contributed by atoms with Crippen LogP contribution in [0.5, 0.6) is 0 Å². The van der Waals surface area contributed by atoms with E-state index in [9.17, 15) is 13.2 Å². The summed E-state index contributed by atoms with van der Waals surface area (Å²) >= 11 is 0. The van der Waals surface area contributed by atoms with Gasteiger partial charge in [0.05, 0.1) is 0 Å². The van der Waals surface area contributed by atoms with Crippen molar-refractivity contribution in [2.45, 2.75) is 36.6 Å². The summed E-state index contributed by atoms with van der Waals surface area (Å²) in [6.07, 6.45) is 5.45. The van der Waals surface area contributed by atoms with Crippen LogP contribution in [0.3, 0.4) is 0 Å². The lowest BCUT2D eigenvalue weighted by molar-refractivity contribution is 0.0787. The SMILES string of the molecule is O=C(c1cc(S(=O)(=O)NCC2CCCN2)c[nH]1)N1CCCC1. The number of aromatic amines is 1. The summed E-state index contributed by atoms with van der Waals surface area (Å²) in [4.78, 5) is 16.9. The van der Waals surface area contributed by atoms with Crippen molar-refractivity contribution in [3.8, 4) is 0 Å². The van der Waals surface area contributed by atoms with Gasteiger partial charge in [0.15, 0.2) is 0 Å². The molecule has 8 heteroatoms. The van der Waals surface area contributed by atoms with Crippen molar-refractivity contribution in [1.82, 2.24) is 19.9 Å². The predicted octanol–water partition coefficient (Wildman–Crippen LogP) is 0.281. The Kier molecular flexibility index (Phi) is 4.51. The molecule has 0 aliphatic carbocycles. The van der Waals surface area contributed by atoms with Crippen LogP contribution in [0.2, 0.25) is 0 Å². The number of carbonyl (C=O) groups excluding carboxylic acids is 1. The van der Waals surface area contributed by atoms with Crippen LogP contribution in [0.1, 0.15) is 36.2 Å². The van der Waals surface area contributed by atoms with Crippen LogP contribution < -0.4 is 10.0 Å². The molecular weight excluding hydrogens is 304 g/mol. The summed E-state index contributed by atoms with van der Waals surface area (Å²) in [5.74, 6) is -0.128. The average Bonchev–Trinajstić information content (AvgIpc) is 3.26. The Morgan fingerprint density at radius 2 is 2.09 bits per heavy atom. The van der Waals surface area contributed by atoms with E-state index in [0.29, 0.717) is 12.2 Å². The Morgan fingerprint density at radius 1 is 1.32 bits per heavy atom. The number of sulfonamides is 1. The van der Waals surface area contributed by atoms with Gasteiger partial charge in [0.1, 0.15) is 10.6 Å². The molecule has 2 saturated heterocycles. The number of H-pyrrole nitrogens is 1. The minimum atomic E-state index is -3.58. The Bertz CT molecular complexity index is 628. The number of rotatable bonds is 5. The van der Waals surface area contributed by atoms with Crippen LogP contribution in [-0.4, -0.2) is 56.4 Å². The Labute approximate surface area is 130 Å². The number of amides is 1. The first-order chi connectivity index (χ1) is 10.6. The lowest BCUT2D eigenvalue weighted by Crippen LogP contribution is -2.37. The van der Waals surface area contributed by atoms with Crippen molar-refractivity contribution in [3.63, 3.8) is 0 Å². The molecule has 0 aromatic carbocycles. The highest BCUT2D eigenvalue weighted by Gasteiger charge is 2.24. The van der Waals surface area contributed by atoms with Gasteiger partial charge < -0.3 is 15.2 Å². The molecular formula is C14H22N4O3S. The highest BCUT2D eigenvalue weighted by molar-refractivity contribution is 7.89. The zero-order chi connectivity index (χ0) is 15.6. The van der Waals surface area contributed by atoms with Gasteiger partial charge in [0.2, 0.25) is 10.0 Å². The predicted molar refractivity (Wildman–Crippen MR) is 82.1 cm³/mol. The first-order valence-corrected chi connectivity index (χ1v) is 9.25. The van der Waals surface area contributed by atoms with E-state index in [2.05, 4.69) is 15.0 Å². The first kappa shape index (κ1) is 15.5. The summed E-state index contributed by atoms with van der Waals surface area (Å²) < 4.78 is 27.1. The number of likely N-dealkylation sites (tertiary alicyclic amines) is 1. The number of carbonyl (C=O) groups is 1. The van der Waals surface area contributed by atoms with Crippen LogP contribution in [0.4, 0.5) is 0 Å². The van der Waals surface area contributed by atoms with Gasteiger partial charge in [-0.1, -0.05) is 0 Å². The Hall–Kier alpha value is -1.38. The summed E-state index contributed by atoms with van der Waals surface area (Å²) in [5, 5.41) is 3.25. The van der Waals surface area contributed by atoms with E-state index in [4.69, 9.17) is 0 Å². The maximum atomic E-state index is 12.3. The summed E-state index contributed by atoms with van der Waals surface area (Å²) in [6.45, 7) is 2.80. The maximum Gasteiger partial charge on any atom is 0.270 e.